The van der Waals surface area contributed by atoms with Crippen molar-refractivity contribution >= 4 is 12.4 Å². The highest BCUT2D eigenvalue weighted by Gasteiger charge is 2.29. The van der Waals surface area contributed by atoms with Crippen LogP contribution in [-0.2, 0) is 4.74 Å². The molecule has 2 saturated heterocycles. The lowest BCUT2D eigenvalue weighted by molar-refractivity contribution is -0.0235. The number of aliphatic hydroxyl groups excluding tert-OH is 1. The van der Waals surface area contributed by atoms with E-state index in [1.54, 1.807) is 0 Å². The Morgan fingerprint density at radius 3 is 2.13 bits per heavy atom. The third-order valence-electron chi connectivity index (χ3n) is 3.62. The van der Waals surface area contributed by atoms with E-state index in [-0.39, 0.29) is 18.5 Å². The fourth-order valence-corrected chi connectivity index (χ4v) is 2.63. The van der Waals surface area contributed by atoms with Gasteiger partial charge in [-0.2, -0.15) is 0 Å². The number of hydrogen-bond acceptors (Lipinski definition) is 3. The second-order valence-electron chi connectivity index (χ2n) is 4.53. The quantitative estimate of drug-likeness (QED) is 0.756. The Bertz CT molecular complexity index is 150. The topological polar surface area (TPSA) is 41.5 Å². The fourth-order valence-electron chi connectivity index (χ4n) is 2.63. The molecule has 90 valence electrons. The van der Waals surface area contributed by atoms with Crippen LogP contribution in [0, 0.1) is 11.8 Å². The summed E-state index contributed by atoms with van der Waals surface area (Å²) in [5, 5.41) is 13.6. The van der Waals surface area contributed by atoms with Crippen LogP contribution in [0.3, 0.4) is 0 Å². The van der Waals surface area contributed by atoms with Crippen molar-refractivity contribution in [2.75, 3.05) is 26.3 Å². The fraction of sp³-hybridized carbons (Fsp3) is 1.00. The summed E-state index contributed by atoms with van der Waals surface area (Å²) in [5.74, 6) is 1.02. The molecule has 1 unspecified atom stereocenters. The van der Waals surface area contributed by atoms with Gasteiger partial charge in [0.2, 0.25) is 0 Å². The smallest absolute Gasteiger partial charge is 0.0599 e. The van der Waals surface area contributed by atoms with Crippen molar-refractivity contribution in [2.24, 2.45) is 11.8 Å². The van der Waals surface area contributed by atoms with E-state index in [9.17, 15) is 5.11 Å². The van der Waals surface area contributed by atoms with Gasteiger partial charge >= 0.3 is 0 Å². The van der Waals surface area contributed by atoms with Gasteiger partial charge in [-0.25, -0.2) is 0 Å². The summed E-state index contributed by atoms with van der Waals surface area (Å²) in [5.41, 5.74) is 0. The Morgan fingerprint density at radius 1 is 1.00 bits per heavy atom. The van der Waals surface area contributed by atoms with Crippen molar-refractivity contribution in [1.82, 2.24) is 5.32 Å². The molecule has 0 radical (unpaired) electrons. The zero-order valence-corrected chi connectivity index (χ0v) is 9.97. The summed E-state index contributed by atoms with van der Waals surface area (Å²) in [7, 11) is 0. The lowest BCUT2D eigenvalue weighted by Crippen LogP contribution is -2.39. The molecule has 0 amide bonds. The molecule has 1 atom stereocenters. The van der Waals surface area contributed by atoms with E-state index in [0.717, 1.165) is 52.0 Å². The van der Waals surface area contributed by atoms with Gasteiger partial charge in [-0.1, -0.05) is 0 Å². The number of halogens is 1. The molecule has 0 spiro atoms. The third-order valence-corrected chi connectivity index (χ3v) is 3.62. The molecular weight excluding hydrogens is 214 g/mol. The number of nitrogens with one attached hydrogen (secondary N) is 1. The van der Waals surface area contributed by atoms with E-state index in [4.69, 9.17) is 4.74 Å². The zero-order chi connectivity index (χ0) is 9.80. The second kappa shape index (κ2) is 6.69. The molecule has 0 aromatic carbocycles. The Hall–Kier alpha value is 0.170. The number of piperidine rings is 1. The third kappa shape index (κ3) is 3.59. The van der Waals surface area contributed by atoms with E-state index in [2.05, 4.69) is 5.32 Å². The molecule has 4 heteroatoms. The lowest BCUT2D eigenvalue weighted by atomic mass is 9.81. The Morgan fingerprint density at radius 2 is 1.53 bits per heavy atom. The highest BCUT2D eigenvalue weighted by Crippen LogP contribution is 2.27. The minimum atomic E-state index is -0.0824. The largest absolute Gasteiger partial charge is 0.393 e. The van der Waals surface area contributed by atoms with Gasteiger partial charge in [0.15, 0.2) is 0 Å². The second-order valence-corrected chi connectivity index (χ2v) is 4.53. The van der Waals surface area contributed by atoms with Crippen molar-refractivity contribution in [3.05, 3.63) is 0 Å². The Balaban J connectivity index is 0.00000112. The highest BCUT2D eigenvalue weighted by molar-refractivity contribution is 5.85. The minimum Gasteiger partial charge on any atom is -0.393 e. The molecule has 0 aromatic rings. The SMILES string of the molecule is Cl.OC(C1CCNCC1)C1CCOCC1. The van der Waals surface area contributed by atoms with Crippen LogP contribution >= 0.6 is 12.4 Å². The molecule has 15 heavy (non-hydrogen) atoms. The van der Waals surface area contributed by atoms with Gasteiger partial charge < -0.3 is 15.2 Å². The maximum absolute atomic E-state index is 10.2. The predicted octanol–water partition coefficient (Wildman–Crippen LogP) is 1.20. The van der Waals surface area contributed by atoms with Crippen LogP contribution < -0.4 is 5.32 Å². The average molecular weight is 236 g/mol. The van der Waals surface area contributed by atoms with Gasteiger partial charge in [-0.15, -0.1) is 12.4 Å². The lowest BCUT2D eigenvalue weighted by Gasteiger charge is -2.34. The Kier molecular flexibility index (Phi) is 5.90. The molecule has 2 rings (SSSR count). The van der Waals surface area contributed by atoms with Crippen molar-refractivity contribution in [3.63, 3.8) is 0 Å². The van der Waals surface area contributed by atoms with Crippen molar-refractivity contribution in [2.45, 2.75) is 31.8 Å². The molecule has 2 fully saturated rings. The van der Waals surface area contributed by atoms with Crippen LogP contribution in [0.25, 0.3) is 0 Å². The summed E-state index contributed by atoms with van der Waals surface area (Å²) in [6, 6.07) is 0. The van der Waals surface area contributed by atoms with Crippen LogP contribution in [0.1, 0.15) is 25.7 Å². The first-order valence-electron chi connectivity index (χ1n) is 5.84. The van der Waals surface area contributed by atoms with Gasteiger partial charge in [-0.05, 0) is 50.6 Å². The number of hydrogen-bond donors (Lipinski definition) is 2. The van der Waals surface area contributed by atoms with Gasteiger partial charge in [-0.3, -0.25) is 0 Å². The summed E-state index contributed by atoms with van der Waals surface area (Å²) in [6.45, 7) is 3.83. The van der Waals surface area contributed by atoms with Gasteiger partial charge in [0.1, 0.15) is 0 Å². The van der Waals surface area contributed by atoms with Crippen LogP contribution in [-0.4, -0.2) is 37.5 Å². The summed E-state index contributed by atoms with van der Waals surface area (Å²) in [6.07, 6.45) is 4.29. The van der Waals surface area contributed by atoms with Crippen LogP contribution in [0.2, 0.25) is 0 Å². The zero-order valence-electron chi connectivity index (χ0n) is 9.15. The van der Waals surface area contributed by atoms with E-state index in [1.165, 1.54) is 0 Å². The van der Waals surface area contributed by atoms with Gasteiger partial charge in [0.05, 0.1) is 6.10 Å². The van der Waals surface area contributed by atoms with Gasteiger partial charge in [0.25, 0.3) is 0 Å². The molecular formula is C11H22ClNO2. The standard InChI is InChI=1S/C11H21NO2.ClH/c13-11(9-1-5-12-6-2-9)10-3-7-14-8-4-10;/h9-13H,1-8H2;1H. The van der Waals surface area contributed by atoms with E-state index in [1.807, 2.05) is 0 Å². The maximum atomic E-state index is 10.2. The molecule has 2 aliphatic heterocycles. The minimum absolute atomic E-state index is 0. The number of ether oxygens (including phenoxy) is 1. The number of aliphatic hydroxyl groups is 1. The monoisotopic (exact) mass is 235 g/mol. The molecule has 2 heterocycles. The van der Waals surface area contributed by atoms with Crippen molar-refractivity contribution in [1.29, 1.82) is 0 Å². The molecule has 3 nitrogen and oxygen atoms in total. The van der Waals surface area contributed by atoms with Crippen molar-refractivity contribution < 1.29 is 9.84 Å². The first kappa shape index (κ1) is 13.2. The normalized spacial score (nSPS) is 27.0. The first-order valence-corrected chi connectivity index (χ1v) is 5.84. The molecule has 0 bridgehead atoms. The Labute approximate surface area is 98.0 Å². The van der Waals surface area contributed by atoms with E-state index in [0.29, 0.717) is 11.8 Å². The average Bonchev–Trinajstić information content (AvgIpc) is 2.30. The van der Waals surface area contributed by atoms with Crippen LogP contribution in [0.15, 0.2) is 0 Å². The summed E-state index contributed by atoms with van der Waals surface area (Å²) >= 11 is 0. The summed E-state index contributed by atoms with van der Waals surface area (Å²) in [4.78, 5) is 0. The van der Waals surface area contributed by atoms with E-state index < -0.39 is 0 Å². The van der Waals surface area contributed by atoms with Crippen molar-refractivity contribution in [3.8, 4) is 0 Å². The molecule has 2 aliphatic rings. The van der Waals surface area contributed by atoms with Gasteiger partial charge in [0, 0.05) is 13.2 Å². The highest BCUT2D eigenvalue weighted by atomic mass is 35.5. The number of rotatable bonds is 2. The molecule has 0 aromatic heterocycles. The van der Waals surface area contributed by atoms with Crippen LogP contribution in [0.4, 0.5) is 0 Å². The van der Waals surface area contributed by atoms with Crippen LogP contribution in [0.5, 0.6) is 0 Å². The maximum Gasteiger partial charge on any atom is 0.0599 e. The molecule has 0 aliphatic carbocycles. The van der Waals surface area contributed by atoms with E-state index >= 15 is 0 Å². The molecule has 2 N–H and O–H groups in total. The predicted molar refractivity (Wildman–Crippen MR) is 62.4 cm³/mol. The summed E-state index contributed by atoms with van der Waals surface area (Å²) < 4.78 is 5.31. The molecule has 0 saturated carbocycles. The first-order chi connectivity index (χ1) is 6.88.